The minimum atomic E-state index is -4.14. The fourth-order valence-electron chi connectivity index (χ4n) is 6.93. The number of ketones is 1. The van der Waals surface area contributed by atoms with E-state index in [1.54, 1.807) is 34.6 Å². The molecule has 272 valence electrons. The third-order valence-electron chi connectivity index (χ3n) is 9.39. The van der Waals surface area contributed by atoms with Crippen LogP contribution in [0.5, 0.6) is 0 Å². The van der Waals surface area contributed by atoms with Crippen LogP contribution in [0.25, 0.3) is 0 Å². The number of ether oxygens (including phenoxy) is 5. The fraction of sp³-hybridized carbons (Fsp3) is 0.848. The van der Waals surface area contributed by atoms with Gasteiger partial charge in [0, 0.05) is 25.9 Å². The van der Waals surface area contributed by atoms with Crippen LogP contribution in [0.3, 0.4) is 0 Å². The van der Waals surface area contributed by atoms with E-state index < -0.39 is 81.7 Å². The highest BCUT2D eigenvalue weighted by Gasteiger charge is 2.52. The van der Waals surface area contributed by atoms with E-state index in [0.717, 1.165) is 6.26 Å². The first-order valence-corrected chi connectivity index (χ1v) is 18.0. The van der Waals surface area contributed by atoms with Crippen molar-refractivity contribution in [1.82, 2.24) is 4.90 Å². The van der Waals surface area contributed by atoms with Crippen molar-refractivity contribution in [3.8, 4) is 0 Å². The molecule has 47 heavy (non-hydrogen) atoms. The predicted octanol–water partition coefficient (Wildman–Crippen LogP) is 3.02. The van der Waals surface area contributed by atoms with E-state index in [0.29, 0.717) is 6.42 Å². The smallest absolute Gasteiger partial charge is 0.311 e. The number of Topliss-reactive ketones (excluding diaryl/α,β-unsaturated/α-hetero) is 1. The molecular formula is C33H57NO12S. The van der Waals surface area contributed by atoms with Crippen LogP contribution in [0.15, 0.2) is 11.6 Å². The molecule has 2 aliphatic heterocycles. The highest BCUT2D eigenvalue weighted by atomic mass is 32.2. The zero-order chi connectivity index (χ0) is 36.2. The number of carbonyl (C=O) groups excluding carboxylic acids is 3. The van der Waals surface area contributed by atoms with Crippen LogP contribution in [-0.4, -0.2) is 118 Å². The van der Waals surface area contributed by atoms with Gasteiger partial charge in [-0.3, -0.25) is 18.6 Å². The van der Waals surface area contributed by atoms with E-state index in [4.69, 9.17) is 27.9 Å². The van der Waals surface area contributed by atoms with Gasteiger partial charge in [0.05, 0.1) is 42.1 Å². The quantitative estimate of drug-likeness (QED) is 0.292. The fourth-order valence-corrected chi connectivity index (χ4v) is 7.68. The second-order valence-electron chi connectivity index (χ2n) is 14.0. The van der Waals surface area contributed by atoms with Gasteiger partial charge in [-0.15, -0.1) is 0 Å². The number of nitrogens with zero attached hydrogens (tertiary/aromatic N) is 1. The lowest BCUT2D eigenvalue weighted by Gasteiger charge is -2.48. The van der Waals surface area contributed by atoms with Gasteiger partial charge in [0.2, 0.25) is 0 Å². The molecule has 0 aliphatic carbocycles. The van der Waals surface area contributed by atoms with E-state index in [1.165, 1.54) is 34.0 Å². The van der Waals surface area contributed by atoms with Crippen molar-refractivity contribution in [3.63, 3.8) is 0 Å². The molecule has 0 aromatic carbocycles. The molecule has 0 amide bonds. The Morgan fingerprint density at radius 2 is 1.72 bits per heavy atom. The lowest BCUT2D eigenvalue weighted by atomic mass is 9.76. The number of rotatable bonds is 8. The summed E-state index contributed by atoms with van der Waals surface area (Å²) in [4.78, 5) is 41.6. The summed E-state index contributed by atoms with van der Waals surface area (Å²) in [5, 5.41) is 11.3. The lowest BCUT2D eigenvalue weighted by Crippen LogP contribution is -2.60. The summed E-state index contributed by atoms with van der Waals surface area (Å²) in [6, 6.07) is -0.292. The van der Waals surface area contributed by atoms with Crippen LogP contribution in [-0.2, 0) is 52.4 Å². The van der Waals surface area contributed by atoms with Crippen LogP contribution in [0, 0.1) is 17.8 Å². The highest BCUT2D eigenvalue weighted by molar-refractivity contribution is 7.86. The van der Waals surface area contributed by atoms with E-state index in [-0.39, 0.29) is 36.3 Å². The van der Waals surface area contributed by atoms with Gasteiger partial charge < -0.3 is 33.7 Å². The molecule has 0 unspecified atom stereocenters. The molecule has 13 nitrogen and oxygen atoms in total. The van der Waals surface area contributed by atoms with Crippen molar-refractivity contribution in [2.24, 2.45) is 17.8 Å². The topological polar surface area (TPSA) is 164 Å². The molecule has 0 spiro atoms. The SMILES string of the molecule is CC[C@H]1OC(=O)[C@H](C)[C@@H](OS(C)(=O)=O)[C@H](C)[C@@H](O[C@@H]2O[C@H](C)C[C@H](N(C)C)[C@H]2OC(C)=O)[C@](C)(OC)C[C@@H](C)C(=O)/C(C)=C/[C@]1(C)O. The molecule has 2 heterocycles. The van der Waals surface area contributed by atoms with Gasteiger partial charge in [-0.25, -0.2) is 0 Å². The number of allylic oxidation sites excluding steroid dienone is 1. The third-order valence-corrected chi connectivity index (χ3v) is 9.96. The Bertz CT molecular complexity index is 1250. The normalized spacial score (nSPS) is 41.0. The summed E-state index contributed by atoms with van der Waals surface area (Å²) < 4.78 is 61.6. The number of carbonyl (C=O) groups is 3. The van der Waals surface area contributed by atoms with Crippen molar-refractivity contribution in [2.45, 2.75) is 136 Å². The van der Waals surface area contributed by atoms with Gasteiger partial charge in [-0.2, -0.15) is 8.42 Å². The first kappa shape index (κ1) is 41.2. The monoisotopic (exact) mass is 691 g/mol. The number of hydrogen-bond donors (Lipinski definition) is 1. The first-order chi connectivity index (χ1) is 21.5. The van der Waals surface area contributed by atoms with E-state index in [9.17, 15) is 27.9 Å². The average Bonchev–Trinajstić information content (AvgIpc) is 2.95. The number of hydrogen-bond acceptors (Lipinski definition) is 13. The van der Waals surface area contributed by atoms with Gasteiger partial charge in [0.1, 0.15) is 11.7 Å². The average molecular weight is 692 g/mol. The minimum Gasteiger partial charge on any atom is -0.459 e. The Labute approximate surface area is 280 Å². The Balaban J connectivity index is 2.84. The summed E-state index contributed by atoms with van der Waals surface area (Å²) >= 11 is 0. The summed E-state index contributed by atoms with van der Waals surface area (Å²) in [6.07, 6.45) is -2.71. The van der Waals surface area contributed by atoms with Crippen LogP contribution in [0.1, 0.15) is 81.6 Å². The molecule has 0 bridgehead atoms. The second kappa shape index (κ2) is 16.2. The number of methoxy groups -OCH3 is 1. The van der Waals surface area contributed by atoms with Crippen molar-refractivity contribution >= 4 is 27.8 Å². The van der Waals surface area contributed by atoms with Crippen LogP contribution in [0.2, 0.25) is 0 Å². The zero-order valence-corrected chi connectivity index (χ0v) is 31.1. The molecule has 2 rings (SSSR count). The molecule has 2 aliphatic rings. The molecule has 0 radical (unpaired) electrons. The summed E-state index contributed by atoms with van der Waals surface area (Å²) in [5.74, 6) is -4.38. The maximum atomic E-state index is 13.7. The van der Waals surface area contributed by atoms with Gasteiger partial charge in [0.25, 0.3) is 10.1 Å². The van der Waals surface area contributed by atoms with E-state index in [2.05, 4.69) is 0 Å². The lowest BCUT2D eigenvalue weighted by molar-refractivity contribution is -0.303. The zero-order valence-electron chi connectivity index (χ0n) is 30.3. The van der Waals surface area contributed by atoms with Gasteiger partial charge in [-0.1, -0.05) is 20.8 Å². The third kappa shape index (κ3) is 10.5. The molecule has 1 fully saturated rings. The maximum Gasteiger partial charge on any atom is 0.311 e. The van der Waals surface area contributed by atoms with Crippen LogP contribution < -0.4 is 0 Å². The van der Waals surface area contributed by atoms with Crippen molar-refractivity contribution in [2.75, 3.05) is 27.5 Å². The van der Waals surface area contributed by atoms with Gasteiger partial charge in [0.15, 0.2) is 18.2 Å². The number of esters is 2. The summed E-state index contributed by atoms with van der Waals surface area (Å²) in [5.41, 5.74) is -2.74. The Morgan fingerprint density at radius 3 is 2.21 bits per heavy atom. The second-order valence-corrected chi connectivity index (χ2v) is 15.6. The molecule has 0 aromatic heterocycles. The Hall–Kier alpha value is -1.94. The van der Waals surface area contributed by atoms with Crippen molar-refractivity contribution in [1.29, 1.82) is 0 Å². The van der Waals surface area contributed by atoms with Gasteiger partial charge in [-0.05, 0) is 79.6 Å². The molecule has 0 aromatic rings. The van der Waals surface area contributed by atoms with Crippen molar-refractivity contribution < 1.29 is 55.8 Å². The predicted molar refractivity (Wildman–Crippen MR) is 174 cm³/mol. The minimum absolute atomic E-state index is 0.0872. The summed E-state index contributed by atoms with van der Waals surface area (Å²) in [7, 11) is 1.02. The van der Waals surface area contributed by atoms with Gasteiger partial charge >= 0.3 is 11.9 Å². The summed E-state index contributed by atoms with van der Waals surface area (Å²) in [6.45, 7) is 14.5. The standard InChI is InChI=1S/C33H57NO12S/c1-14-25-32(8,38)16-18(2)26(36)19(3)17-33(9,41-12)29(21(5)27(46-47(13,39)40)22(6)30(37)44-25)45-31-28(43-23(7)35)24(34(10)11)15-20(4)42-31/h16,19-22,24-25,27-29,31,38H,14-15,17H2,1-13H3/b18-16+/t19-,20-,21+,22-,24+,25-,27+,28-,29-,31+,32+,33-/m1/s1. The van der Waals surface area contributed by atoms with Crippen LogP contribution in [0.4, 0.5) is 0 Å². The van der Waals surface area contributed by atoms with E-state index in [1.807, 2.05) is 25.9 Å². The first-order valence-electron chi connectivity index (χ1n) is 16.2. The number of likely N-dealkylation sites (N-methyl/N-ethyl adjacent to an activating group) is 1. The Kier molecular flexibility index (Phi) is 14.2. The van der Waals surface area contributed by atoms with Crippen LogP contribution >= 0.6 is 0 Å². The largest absolute Gasteiger partial charge is 0.459 e. The van der Waals surface area contributed by atoms with Crippen molar-refractivity contribution in [3.05, 3.63) is 11.6 Å². The maximum absolute atomic E-state index is 13.7. The molecule has 0 saturated carbocycles. The number of aliphatic hydroxyl groups is 1. The molecule has 1 saturated heterocycles. The Morgan fingerprint density at radius 1 is 1.13 bits per heavy atom. The highest BCUT2D eigenvalue weighted by Crippen LogP contribution is 2.40. The van der Waals surface area contributed by atoms with E-state index >= 15 is 0 Å². The molecule has 1 N–H and O–H groups in total. The molecule has 12 atom stereocenters. The molecule has 14 heteroatoms. The molecular weight excluding hydrogens is 634 g/mol. The number of cyclic esters (lactones) is 1.